The number of halogens is 4. The predicted octanol–water partition coefficient (Wildman–Crippen LogP) is 5.52. The van der Waals surface area contributed by atoms with Crippen LogP contribution >= 0.6 is 0 Å². The first-order chi connectivity index (χ1) is 15.3. The smallest absolute Gasteiger partial charge is 0.419 e. The maximum atomic E-state index is 14.4. The largest absolute Gasteiger partial charge is 0.496 e. The van der Waals surface area contributed by atoms with Crippen LogP contribution in [0.25, 0.3) is 10.9 Å². The summed E-state index contributed by atoms with van der Waals surface area (Å²) in [6.07, 6.45) is -4.15. The van der Waals surface area contributed by atoms with Crippen LogP contribution in [0.4, 0.5) is 23.2 Å². The molecule has 1 aliphatic rings. The molecule has 0 saturated carbocycles. The molecule has 0 bridgehead atoms. The molecule has 4 rings (SSSR count). The molecule has 2 N–H and O–H groups in total. The van der Waals surface area contributed by atoms with Crippen molar-refractivity contribution in [2.24, 2.45) is 0 Å². The Balaban J connectivity index is 1.99. The third-order valence-electron chi connectivity index (χ3n) is 6.34. The Morgan fingerprint density at radius 1 is 1.18 bits per heavy atom. The average Bonchev–Trinajstić information content (AvgIpc) is 2.69. The summed E-state index contributed by atoms with van der Waals surface area (Å²) in [4.78, 5) is 8.29. The third kappa shape index (κ3) is 3.68. The van der Waals surface area contributed by atoms with Gasteiger partial charge < -0.3 is 15.2 Å². The molecule has 1 aromatic heterocycles. The fourth-order valence-electron chi connectivity index (χ4n) is 4.95. The van der Waals surface area contributed by atoms with Gasteiger partial charge in [-0.3, -0.25) is 0 Å². The van der Waals surface area contributed by atoms with Crippen LogP contribution in [0.3, 0.4) is 0 Å². The van der Waals surface area contributed by atoms with E-state index >= 15 is 0 Å². The molecule has 9 heteroatoms. The lowest BCUT2D eigenvalue weighted by molar-refractivity contribution is -0.275. The summed E-state index contributed by atoms with van der Waals surface area (Å²) in [6.45, 7) is 6.74. The molecular weight excluding hydrogens is 438 g/mol. The van der Waals surface area contributed by atoms with Crippen molar-refractivity contribution in [3.8, 4) is 5.75 Å². The molecule has 1 aliphatic carbocycles. The first-order valence-electron chi connectivity index (χ1n) is 10.4. The summed E-state index contributed by atoms with van der Waals surface area (Å²) in [6, 6.07) is 3.87. The SMILES string of the molecule is COc1c(C)ccc2c1C(C)(C)CC(O)(C(F)(F)F)C2Nc1cc(F)cc2nc(C)ncc12. The van der Waals surface area contributed by atoms with E-state index in [9.17, 15) is 22.7 Å². The number of nitrogens with one attached hydrogen (secondary N) is 1. The van der Waals surface area contributed by atoms with Crippen LogP contribution in [0.1, 0.15) is 48.8 Å². The second kappa shape index (κ2) is 7.55. The second-order valence-corrected chi connectivity index (χ2v) is 9.24. The Morgan fingerprint density at radius 3 is 2.52 bits per heavy atom. The molecule has 0 amide bonds. The van der Waals surface area contributed by atoms with Gasteiger partial charge in [0, 0.05) is 28.9 Å². The molecule has 0 saturated heterocycles. The van der Waals surface area contributed by atoms with E-state index in [1.807, 2.05) is 6.92 Å². The number of alkyl halides is 3. The van der Waals surface area contributed by atoms with E-state index in [1.165, 1.54) is 19.4 Å². The highest BCUT2D eigenvalue weighted by Gasteiger charge is 2.64. The van der Waals surface area contributed by atoms with Gasteiger partial charge in [0.2, 0.25) is 0 Å². The van der Waals surface area contributed by atoms with E-state index in [0.29, 0.717) is 22.5 Å². The van der Waals surface area contributed by atoms with Crippen LogP contribution in [-0.2, 0) is 5.41 Å². The van der Waals surface area contributed by atoms with E-state index in [0.717, 1.165) is 11.6 Å². The number of anilines is 1. The van der Waals surface area contributed by atoms with E-state index in [4.69, 9.17) is 4.74 Å². The monoisotopic (exact) mass is 463 g/mol. The lowest BCUT2D eigenvalue weighted by Gasteiger charge is -2.49. The van der Waals surface area contributed by atoms with Crippen LogP contribution in [0.5, 0.6) is 5.75 Å². The van der Waals surface area contributed by atoms with E-state index < -0.39 is 35.5 Å². The van der Waals surface area contributed by atoms with Gasteiger partial charge in [-0.05, 0) is 42.9 Å². The quantitative estimate of drug-likeness (QED) is 0.501. The standard InChI is InChI=1S/C24H25F4N3O2/c1-12-6-7-15-19(20(12)33-5)22(3,4)11-23(32,24(26,27)28)21(15)31-18-9-14(25)8-17-16(18)10-29-13(2)30-17/h6-10,21,31-32H,11H2,1-5H3. The zero-order valence-corrected chi connectivity index (χ0v) is 18.9. The van der Waals surface area contributed by atoms with E-state index in [-0.39, 0.29) is 16.8 Å². The topological polar surface area (TPSA) is 67.3 Å². The number of fused-ring (bicyclic) bond motifs is 2. The van der Waals surface area contributed by atoms with Crippen molar-refractivity contribution >= 4 is 16.6 Å². The van der Waals surface area contributed by atoms with Crippen molar-refractivity contribution < 1.29 is 27.4 Å². The molecule has 2 unspecified atom stereocenters. The van der Waals surface area contributed by atoms with Crippen LogP contribution in [0.15, 0.2) is 30.5 Å². The molecular formula is C24H25F4N3O2. The van der Waals surface area contributed by atoms with Crippen molar-refractivity contribution in [3.63, 3.8) is 0 Å². The fraction of sp³-hybridized carbons (Fsp3) is 0.417. The summed E-state index contributed by atoms with van der Waals surface area (Å²) in [5.74, 6) is 0.198. The summed E-state index contributed by atoms with van der Waals surface area (Å²) < 4.78 is 63.2. The third-order valence-corrected chi connectivity index (χ3v) is 6.34. The van der Waals surface area contributed by atoms with Gasteiger partial charge in [0.1, 0.15) is 17.4 Å². The van der Waals surface area contributed by atoms with Gasteiger partial charge in [-0.1, -0.05) is 26.0 Å². The Labute approximate surface area is 188 Å². The van der Waals surface area contributed by atoms with Crippen LogP contribution in [-0.4, -0.2) is 34.0 Å². The van der Waals surface area contributed by atoms with Gasteiger partial charge in [-0.25, -0.2) is 14.4 Å². The van der Waals surface area contributed by atoms with Gasteiger partial charge in [0.15, 0.2) is 5.60 Å². The molecule has 0 radical (unpaired) electrons. The van der Waals surface area contributed by atoms with Crippen molar-refractivity contribution in [3.05, 3.63) is 58.8 Å². The molecule has 33 heavy (non-hydrogen) atoms. The summed E-state index contributed by atoms with van der Waals surface area (Å²) in [5.41, 5.74) is -2.31. The zero-order chi connectivity index (χ0) is 24.3. The number of hydrogen-bond donors (Lipinski definition) is 2. The molecule has 1 heterocycles. The number of nitrogens with zero attached hydrogens (tertiary/aromatic N) is 2. The Hall–Kier alpha value is -2.94. The van der Waals surface area contributed by atoms with Gasteiger partial charge in [0.25, 0.3) is 0 Å². The number of aryl methyl sites for hydroxylation is 2. The van der Waals surface area contributed by atoms with Crippen LogP contribution in [0.2, 0.25) is 0 Å². The van der Waals surface area contributed by atoms with Crippen molar-refractivity contribution in [1.29, 1.82) is 0 Å². The maximum Gasteiger partial charge on any atom is 0.419 e. The van der Waals surface area contributed by atoms with E-state index in [1.54, 1.807) is 32.9 Å². The van der Waals surface area contributed by atoms with Crippen molar-refractivity contribution in [2.75, 3.05) is 12.4 Å². The highest BCUT2D eigenvalue weighted by molar-refractivity contribution is 5.91. The molecule has 0 aliphatic heterocycles. The number of aromatic nitrogens is 2. The lowest BCUT2D eigenvalue weighted by Crippen LogP contribution is -2.58. The predicted molar refractivity (Wildman–Crippen MR) is 117 cm³/mol. The van der Waals surface area contributed by atoms with Crippen molar-refractivity contribution in [2.45, 2.75) is 57.3 Å². The number of hydrogen-bond acceptors (Lipinski definition) is 5. The van der Waals surface area contributed by atoms with Gasteiger partial charge in [0.05, 0.1) is 18.7 Å². The van der Waals surface area contributed by atoms with Crippen molar-refractivity contribution in [1.82, 2.24) is 9.97 Å². The zero-order valence-electron chi connectivity index (χ0n) is 18.9. The fourth-order valence-corrected chi connectivity index (χ4v) is 4.95. The number of benzene rings is 2. The first-order valence-corrected chi connectivity index (χ1v) is 10.4. The Morgan fingerprint density at radius 2 is 1.88 bits per heavy atom. The highest BCUT2D eigenvalue weighted by atomic mass is 19.4. The lowest BCUT2D eigenvalue weighted by atomic mass is 9.63. The summed E-state index contributed by atoms with van der Waals surface area (Å²) in [5, 5.41) is 14.3. The van der Waals surface area contributed by atoms with Crippen LogP contribution < -0.4 is 10.1 Å². The number of aliphatic hydroxyl groups is 1. The first kappa shape index (κ1) is 23.2. The number of rotatable bonds is 3. The van der Waals surface area contributed by atoms with Gasteiger partial charge >= 0.3 is 6.18 Å². The van der Waals surface area contributed by atoms with Gasteiger partial charge in [-0.15, -0.1) is 0 Å². The number of ether oxygens (including phenoxy) is 1. The molecule has 2 aromatic carbocycles. The minimum absolute atomic E-state index is 0.0582. The Bertz CT molecular complexity index is 1240. The van der Waals surface area contributed by atoms with Crippen LogP contribution in [0, 0.1) is 19.7 Å². The average molecular weight is 463 g/mol. The maximum absolute atomic E-state index is 14.4. The molecule has 3 aromatic rings. The minimum atomic E-state index is -4.96. The minimum Gasteiger partial charge on any atom is -0.496 e. The van der Waals surface area contributed by atoms with Gasteiger partial charge in [-0.2, -0.15) is 13.2 Å². The summed E-state index contributed by atoms with van der Waals surface area (Å²) >= 11 is 0. The highest BCUT2D eigenvalue weighted by Crippen LogP contribution is 2.56. The Kier molecular flexibility index (Phi) is 5.31. The second-order valence-electron chi connectivity index (χ2n) is 9.24. The summed E-state index contributed by atoms with van der Waals surface area (Å²) in [7, 11) is 1.46. The molecule has 176 valence electrons. The molecule has 0 fully saturated rings. The number of methoxy groups -OCH3 is 1. The molecule has 5 nitrogen and oxygen atoms in total. The molecule has 0 spiro atoms. The van der Waals surface area contributed by atoms with E-state index in [2.05, 4.69) is 15.3 Å². The normalized spacial score (nSPS) is 22.2. The molecule has 2 atom stereocenters.